The average molecular weight is 359 g/mol. The molecule has 0 spiro atoms. The second-order valence-corrected chi connectivity index (χ2v) is 5.33. The zero-order valence-electron chi connectivity index (χ0n) is 14.4. The fourth-order valence-corrected chi connectivity index (χ4v) is 2.00. The highest BCUT2D eigenvalue weighted by Crippen LogP contribution is 2.23. The second kappa shape index (κ2) is 8.11. The van der Waals surface area contributed by atoms with Crippen LogP contribution in [0.15, 0.2) is 40.8 Å². The molecule has 0 aliphatic rings. The number of carbonyl (C=O) groups excluding carboxylic acids is 4. The minimum absolute atomic E-state index is 0.0560. The molecule has 2 amide bonds. The van der Waals surface area contributed by atoms with Gasteiger partial charge in [-0.05, 0) is 26.0 Å². The Labute approximate surface area is 149 Å². The minimum atomic E-state index is -1.22. The summed E-state index contributed by atoms with van der Waals surface area (Å²) in [5, 5.41) is 1.90. The number of ketones is 1. The molecule has 0 aliphatic carbocycles. The second-order valence-electron chi connectivity index (χ2n) is 5.33. The van der Waals surface area contributed by atoms with Crippen LogP contribution < -0.4 is 5.32 Å². The highest BCUT2D eigenvalue weighted by Gasteiger charge is 2.23. The van der Waals surface area contributed by atoms with Gasteiger partial charge in [0.05, 0.1) is 7.11 Å². The lowest BCUT2D eigenvalue weighted by Crippen LogP contribution is -2.39. The van der Waals surface area contributed by atoms with E-state index in [9.17, 15) is 19.2 Å². The first-order chi connectivity index (χ1) is 12.3. The van der Waals surface area contributed by atoms with Crippen molar-refractivity contribution in [2.45, 2.75) is 20.0 Å². The van der Waals surface area contributed by atoms with Crippen LogP contribution in [0.5, 0.6) is 0 Å². The maximum atomic E-state index is 12.0. The lowest BCUT2D eigenvalue weighted by atomic mass is 10.1. The van der Waals surface area contributed by atoms with Gasteiger partial charge in [-0.1, -0.05) is 24.3 Å². The summed E-state index contributed by atoms with van der Waals surface area (Å²) in [6, 6.07) is 9.66. The lowest BCUT2D eigenvalue weighted by Gasteiger charge is -2.11. The number of alkyl carbamates (subject to hydrolysis) is 1. The number of hydrogen-bond donors (Lipinski definition) is 1. The fourth-order valence-electron chi connectivity index (χ4n) is 2.00. The van der Waals surface area contributed by atoms with E-state index in [1.807, 2.05) is 5.32 Å². The first kappa shape index (κ1) is 18.9. The largest absolute Gasteiger partial charge is 0.453 e. The minimum Gasteiger partial charge on any atom is -0.453 e. The predicted octanol–water partition coefficient (Wildman–Crippen LogP) is 2.58. The molecule has 0 fully saturated rings. The summed E-state index contributed by atoms with van der Waals surface area (Å²) in [5.41, 5.74) is 1.23. The van der Waals surface area contributed by atoms with Gasteiger partial charge in [0.2, 0.25) is 5.76 Å². The number of benzene rings is 1. The Hall–Kier alpha value is -3.42. The van der Waals surface area contributed by atoms with Crippen molar-refractivity contribution in [2.75, 3.05) is 7.11 Å². The standard InChI is InChI=1S/C18H17NO7/c1-10(20)12-4-6-13(7-5-12)14-8-9-15(26-14)17(22)25-11(2)16(21)19-18(23)24-3/h4-9,11H,1-3H3,(H,19,21,23)/t11-/m1/s1. The van der Waals surface area contributed by atoms with Crippen molar-refractivity contribution >= 4 is 23.8 Å². The van der Waals surface area contributed by atoms with Gasteiger partial charge in [-0.25, -0.2) is 9.59 Å². The molecule has 8 nitrogen and oxygen atoms in total. The van der Waals surface area contributed by atoms with Crippen molar-refractivity contribution in [1.82, 2.24) is 5.32 Å². The molecule has 0 saturated heterocycles. The molecule has 0 bridgehead atoms. The number of carbonyl (C=O) groups is 4. The number of furan rings is 1. The number of amides is 2. The number of hydrogen-bond acceptors (Lipinski definition) is 7. The molecular weight excluding hydrogens is 342 g/mol. The van der Waals surface area contributed by atoms with Gasteiger partial charge in [0, 0.05) is 11.1 Å². The van der Waals surface area contributed by atoms with Gasteiger partial charge in [-0.15, -0.1) is 0 Å². The summed E-state index contributed by atoms with van der Waals surface area (Å²) >= 11 is 0. The van der Waals surface area contributed by atoms with Crippen molar-refractivity contribution in [3.63, 3.8) is 0 Å². The highest BCUT2D eigenvalue weighted by molar-refractivity contribution is 5.96. The van der Waals surface area contributed by atoms with E-state index in [-0.39, 0.29) is 11.5 Å². The average Bonchev–Trinajstić information content (AvgIpc) is 3.11. The number of nitrogens with one attached hydrogen (secondary N) is 1. The van der Waals surface area contributed by atoms with Crippen LogP contribution in [0.2, 0.25) is 0 Å². The van der Waals surface area contributed by atoms with Crippen molar-refractivity contribution in [1.29, 1.82) is 0 Å². The van der Waals surface area contributed by atoms with E-state index in [1.165, 1.54) is 19.9 Å². The summed E-state index contributed by atoms with van der Waals surface area (Å²) in [6.07, 6.45) is -2.17. The van der Waals surface area contributed by atoms with Gasteiger partial charge in [0.1, 0.15) is 5.76 Å². The molecule has 1 N–H and O–H groups in total. The fraction of sp³-hybridized carbons (Fsp3) is 0.222. The number of imide groups is 1. The van der Waals surface area contributed by atoms with Crippen molar-refractivity contribution < 1.29 is 33.1 Å². The van der Waals surface area contributed by atoms with Gasteiger partial charge in [-0.3, -0.25) is 14.9 Å². The molecule has 0 saturated carbocycles. The third-order valence-electron chi connectivity index (χ3n) is 3.45. The van der Waals surface area contributed by atoms with E-state index in [0.29, 0.717) is 16.9 Å². The van der Waals surface area contributed by atoms with Gasteiger partial charge < -0.3 is 13.9 Å². The van der Waals surface area contributed by atoms with Crippen molar-refractivity contribution in [3.8, 4) is 11.3 Å². The maximum Gasteiger partial charge on any atom is 0.413 e. The van der Waals surface area contributed by atoms with Gasteiger partial charge >= 0.3 is 12.1 Å². The molecule has 2 aromatic rings. The van der Waals surface area contributed by atoms with Crippen LogP contribution in [0.3, 0.4) is 0 Å². The predicted molar refractivity (Wildman–Crippen MR) is 89.6 cm³/mol. The zero-order valence-corrected chi connectivity index (χ0v) is 14.4. The summed E-state index contributed by atoms with van der Waals surface area (Å²) in [6.45, 7) is 2.77. The molecule has 0 radical (unpaired) electrons. The van der Waals surface area contributed by atoms with Crippen LogP contribution in [0.25, 0.3) is 11.3 Å². The third-order valence-corrected chi connectivity index (χ3v) is 3.45. The molecule has 1 aromatic carbocycles. The summed E-state index contributed by atoms with van der Waals surface area (Å²) in [4.78, 5) is 46.0. The number of rotatable bonds is 5. The topological polar surface area (TPSA) is 112 Å². The number of Topliss-reactive ketones (excluding diaryl/α,β-unsaturated/α-hetero) is 1. The Morgan fingerprint density at radius 2 is 1.69 bits per heavy atom. The smallest absolute Gasteiger partial charge is 0.413 e. The molecular formula is C18H17NO7. The quantitative estimate of drug-likeness (QED) is 0.645. The summed E-state index contributed by atoms with van der Waals surface area (Å²) in [7, 11) is 1.10. The number of esters is 1. The molecule has 2 rings (SSSR count). The molecule has 0 unspecified atom stereocenters. The van der Waals surface area contributed by atoms with E-state index in [1.54, 1.807) is 30.3 Å². The summed E-state index contributed by atoms with van der Waals surface area (Å²) in [5.74, 6) is -1.44. The molecule has 1 heterocycles. The van der Waals surface area contributed by atoms with Gasteiger partial charge in [-0.2, -0.15) is 0 Å². The van der Waals surface area contributed by atoms with Crippen molar-refractivity contribution in [2.24, 2.45) is 0 Å². The van der Waals surface area contributed by atoms with Gasteiger partial charge in [0.15, 0.2) is 11.9 Å². The normalized spacial score (nSPS) is 11.3. The van der Waals surface area contributed by atoms with Crippen LogP contribution in [-0.4, -0.2) is 37.0 Å². The molecule has 26 heavy (non-hydrogen) atoms. The molecule has 1 aromatic heterocycles. The monoisotopic (exact) mass is 359 g/mol. The van der Waals surface area contributed by atoms with Crippen LogP contribution >= 0.6 is 0 Å². The Morgan fingerprint density at radius 1 is 1.04 bits per heavy atom. The number of ether oxygens (including phenoxy) is 2. The van der Waals surface area contributed by atoms with E-state index in [4.69, 9.17) is 9.15 Å². The van der Waals surface area contributed by atoms with Gasteiger partial charge in [0.25, 0.3) is 5.91 Å². The SMILES string of the molecule is COC(=O)NC(=O)[C@@H](C)OC(=O)c1ccc(-c2ccc(C(C)=O)cc2)o1. The Balaban J connectivity index is 2.04. The summed E-state index contributed by atoms with van der Waals surface area (Å²) < 4.78 is 14.7. The maximum absolute atomic E-state index is 12.0. The molecule has 8 heteroatoms. The first-order valence-electron chi connectivity index (χ1n) is 7.63. The third kappa shape index (κ3) is 4.56. The Morgan fingerprint density at radius 3 is 2.27 bits per heavy atom. The lowest BCUT2D eigenvalue weighted by molar-refractivity contribution is -0.128. The van der Waals surface area contributed by atoms with Crippen LogP contribution in [-0.2, 0) is 14.3 Å². The Bertz CT molecular complexity index is 835. The van der Waals surface area contributed by atoms with Crippen molar-refractivity contribution in [3.05, 3.63) is 47.7 Å². The molecule has 136 valence electrons. The van der Waals surface area contributed by atoms with Crippen LogP contribution in [0.4, 0.5) is 4.79 Å². The highest BCUT2D eigenvalue weighted by atomic mass is 16.6. The van der Waals surface area contributed by atoms with E-state index < -0.39 is 24.1 Å². The van der Waals surface area contributed by atoms with E-state index >= 15 is 0 Å². The van der Waals surface area contributed by atoms with Crippen LogP contribution in [0.1, 0.15) is 34.8 Å². The molecule has 1 atom stereocenters. The zero-order chi connectivity index (χ0) is 19.3. The van der Waals surface area contributed by atoms with Crippen LogP contribution in [0, 0.1) is 0 Å². The Kier molecular flexibility index (Phi) is 5.90. The molecule has 0 aliphatic heterocycles. The first-order valence-corrected chi connectivity index (χ1v) is 7.63. The number of methoxy groups -OCH3 is 1. The van der Waals surface area contributed by atoms with E-state index in [2.05, 4.69) is 4.74 Å². The van der Waals surface area contributed by atoms with E-state index in [0.717, 1.165) is 7.11 Å².